The molecule has 1 aromatic carbocycles. The minimum atomic E-state index is -0.488. The number of amides is 1. The summed E-state index contributed by atoms with van der Waals surface area (Å²) in [7, 11) is 0. The fraction of sp³-hybridized carbons (Fsp3) is 0.444. The predicted octanol–water partition coefficient (Wildman–Crippen LogP) is 4.10. The molecule has 1 aromatic heterocycles. The van der Waals surface area contributed by atoms with Gasteiger partial charge >= 0.3 is 0 Å². The first-order chi connectivity index (χ1) is 12.2. The van der Waals surface area contributed by atoms with Crippen LogP contribution >= 0.6 is 11.8 Å². The lowest BCUT2D eigenvalue weighted by Gasteiger charge is -2.12. The van der Waals surface area contributed by atoms with Crippen LogP contribution in [-0.4, -0.2) is 26.1 Å². The smallest absolute Gasteiger partial charge is 0.293 e. The molecule has 0 saturated heterocycles. The van der Waals surface area contributed by atoms with E-state index in [1.165, 1.54) is 17.8 Å². The van der Waals surface area contributed by atoms with Gasteiger partial charge in [-0.25, -0.2) is 4.98 Å². The Morgan fingerprint density at radius 1 is 1.35 bits per heavy atom. The third kappa shape index (κ3) is 4.63. The molecule has 0 spiro atoms. The number of para-hydroxylation sites is 1. The number of rotatable bonds is 7. The second-order valence-electron chi connectivity index (χ2n) is 6.63. The van der Waals surface area contributed by atoms with Crippen LogP contribution in [0.3, 0.4) is 0 Å². The van der Waals surface area contributed by atoms with Gasteiger partial charge in [0.2, 0.25) is 5.91 Å². The standard InChI is InChI=1S/C18H24N4O3S/c1-11(2)9-21-14(5)13(4)19-18(21)26-10-16(23)20-17-12(3)7-6-8-15(17)22(24)25/h6-8,11H,9-10H2,1-5H3,(H,20,23). The van der Waals surface area contributed by atoms with Crippen molar-refractivity contribution in [2.75, 3.05) is 11.1 Å². The normalized spacial score (nSPS) is 11.0. The molecule has 0 unspecified atom stereocenters. The van der Waals surface area contributed by atoms with Gasteiger partial charge in [-0.2, -0.15) is 0 Å². The van der Waals surface area contributed by atoms with Crippen LogP contribution in [0.1, 0.15) is 30.8 Å². The topological polar surface area (TPSA) is 90.1 Å². The molecular weight excluding hydrogens is 352 g/mol. The van der Waals surface area contributed by atoms with E-state index in [0.717, 1.165) is 23.1 Å². The average molecular weight is 376 g/mol. The molecule has 7 nitrogen and oxygen atoms in total. The molecule has 1 heterocycles. The number of nitrogens with zero attached hydrogens (tertiary/aromatic N) is 3. The van der Waals surface area contributed by atoms with Crippen molar-refractivity contribution in [1.29, 1.82) is 0 Å². The summed E-state index contributed by atoms with van der Waals surface area (Å²) in [5, 5.41) is 14.6. The largest absolute Gasteiger partial charge is 0.323 e. The lowest BCUT2D eigenvalue weighted by atomic mass is 10.1. The van der Waals surface area contributed by atoms with E-state index in [1.54, 1.807) is 19.1 Å². The monoisotopic (exact) mass is 376 g/mol. The lowest BCUT2D eigenvalue weighted by Crippen LogP contribution is -2.17. The SMILES string of the molecule is Cc1cccc([N+](=O)[O-])c1NC(=O)CSc1nc(C)c(C)n1CC(C)C. The van der Waals surface area contributed by atoms with Crippen molar-refractivity contribution in [3.8, 4) is 0 Å². The molecule has 1 amide bonds. The zero-order valence-electron chi connectivity index (χ0n) is 15.7. The fourth-order valence-electron chi connectivity index (χ4n) is 2.59. The highest BCUT2D eigenvalue weighted by molar-refractivity contribution is 7.99. The Morgan fingerprint density at radius 2 is 2.04 bits per heavy atom. The summed E-state index contributed by atoms with van der Waals surface area (Å²) in [4.78, 5) is 27.6. The Labute approximate surface area is 157 Å². The van der Waals surface area contributed by atoms with Crippen molar-refractivity contribution >= 4 is 29.0 Å². The first-order valence-electron chi connectivity index (χ1n) is 8.41. The summed E-state index contributed by atoms with van der Waals surface area (Å²) in [6, 6.07) is 4.72. The molecule has 0 atom stereocenters. The number of nitro groups is 1. The molecule has 0 bridgehead atoms. The van der Waals surface area contributed by atoms with E-state index in [2.05, 4.69) is 28.7 Å². The molecule has 2 rings (SSSR count). The van der Waals surface area contributed by atoms with Crippen molar-refractivity contribution in [3.05, 3.63) is 45.3 Å². The molecule has 0 saturated carbocycles. The quantitative estimate of drug-likeness (QED) is 0.446. The maximum atomic E-state index is 12.3. The fourth-order valence-corrected chi connectivity index (χ4v) is 3.49. The van der Waals surface area contributed by atoms with Gasteiger partial charge in [0.05, 0.1) is 16.4 Å². The van der Waals surface area contributed by atoms with Gasteiger partial charge in [-0.05, 0) is 32.3 Å². The van der Waals surface area contributed by atoms with Gasteiger partial charge in [0.25, 0.3) is 5.69 Å². The maximum Gasteiger partial charge on any atom is 0.293 e. The highest BCUT2D eigenvalue weighted by atomic mass is 32.2. The van der Waals surface area contributed by atoms with Crippen LogP contribution in [0.4, 0.5) is 11.4 Å². The molecular formula is C18H24N4O3S. The number of hydrogen-bond donors (Lipinski definition) is 1. The van der Waals surface area contributed by atoms with Crippen LogP contribution in [0.25, 0.3) is 0 Å². The van der Waals surface area contributed by atoms with Crippen molar-refractivity contribution in [1.82, 2.24) is 9.55 Å². The number of benzene rings is 1. The lowest BCUT2D eigenvalue weighted by molar-refractivity contribution is -0.384. The zero-order valence-corrected chi connectivity index (χ0v) is 16.5. The Hall–Kier alpha value is -2.35. The summed E-state index contributed by atoms with van der Waals surface area (Å²) in [6.45, 7) is 10.8. The Balaban J connectivity index is 2.11. The van der Waals surface area contributed by atoms with E-state index < -0.39 is 4.92 Å². The molecule has 0 aliphatic heterocycles. The number of hydrogen-bond acceptors (Lipinski definition) is 5. The van der Waals surface area contributed by atoms with E-state index in [1.807, 2.05) is 13.8 Å². The molecule has 0 aliphatic carbocycles. The van der Waals surface area contributed by atoms with E-state index >= 15 is 0 Å². The van der Waals surface area contributed by atoms with Gasteiger partial charge in [0, 0.05) is 18.3 Å². The molecule has 0 radical (unpaired) electrons. The Bertz CT molecular complexity index is 830. The van der Waals surface area contributed by atoms with Gasteiger partial charge in [-0.1, -0.05) is 37.7 Å². The Morgan fingerprint density at radius 3 is 2.65 bits per heavy atom. The molecule has 1 N–H and O–H groups in total. The van der Waals surface area contributed by atoms with Crippen LogP contribution in [-0.2, 0) is 11.3 Å². The molecule has 140 valence electrons. The molecule has 0 aliphatic rings. The highest BCUT2D eigenvalue weighted by Crippen LogP contribution is 2.28. The first-order valence-corrected chi connectivity index (χ1v) is 9.39. The van der Waals surface area contributed by atoms with Crippen molar-refractivity contribution in [2.45, 2.75) is 46.3 Å². The number of aromatic nitrogens is 2. The zero-order chi connectivity index (χ0) is 19.4. The van der Waals surface area contributed by atoms with Gasteiger partial charge in [-0.3, -0.25) is 14.9 Å². The number of imidazole rings is 1. The van der Waals surface area contributed by atoms with E-state index in [-0.39, 0.29) is 23.0 Å². The number of aryl methyl sites for hydroxylation is 2. The minimum Gasteiger partial charge on any atom is -0.323 e. The number of nitro benzene ring substituents is 1. The van der Waals surface area contributed by atoms with E-state index in [0.29, 0.717) is 11.5 Å². The van der Waals surface area contributed by atoms with Crippen LogP contribution < -0.4 is 5.32 Å². The van der Waals surface area contributed by atoms with E-state index in [4.69, 9.17) is 0 Å². The summed E-state index contributed by atoms with van der Waals surface area (Å²) in [5.41, 5.74) is 2.85. The third-order valence-electron chi connectivity index (χ3n) is 4.01. The van der Waals surface area contributed by atoms with Crippen LogP contribution in [0.15, 0.2) is 23.4 Å². The van der Waals surface area contributed by atoms with Gasteiger partial charge < -0.3 is 9.88 Å². The summed E-state index contributed by atoms with van der Waals surface area (Å²) in [5.74, 6) is 0.311. The second kappa shape index (κ2) is 8.35. The number of nitrogens with one attached hydrogen (secondary N) is 1. The summed E-state index contributed by atoms with van der Waals surface area (Å²) >= 11 is 1.34. The molecule has 26 heavy (non-hydrogen) atoms. The number of carbonyl (C=O) groups is 1. The van der Waals surface area contributed by atoms with Crippen LogP contribution in [0, 0.1) is 36.8 Å². The van der Waals surface area contributed by atoms with Crippen LogP contribution in [0.5, 0.6) is 0 Å². The predicted molar refractivity (Wildman–Crippen MR) is 104 cm³/mol. The number of thioether (sulfide) groups is 1. The number of carbonyl (C=O) groups excluding carboxylic acids is 1. The summed E-state index contributed by atoms with van der Waals surface area (Å²) in [6.07, 6.45) is 0. The summed E-state index contributed by atoms with van der Waals surface area (Å²) < 4.78 is 2.12. The van der Waals surface area contributed by atoms with Crippen molar-refractivity contribution in [2.24, 2.45) is 5.92 Å². The third-order valence-corrected chi connectivity index (χ3v) is 4.99. The van der Waals surface area contributed by atoms with E-state index in [9.17, 15) is 14.9 Å². The highest BCUT2D eigenvalue weighted by Gasteiger charge is 2.19. The Kier molecular flexibility index (Phi) is 6.42. The maximum absolute atomic E-state index is 12.3. The van der Waals surface area contributed by atoms with Crippen molar-refractivity contribution in [3.63, 3.8) is 0 Å². The average Bonchev–Trinajstić information content (AvgIpc) is 2.82. The van der Waals surface area contributed by atoms with Crippen molar-refractivity contribution < 1.29 is 9.72 Å². The number of anilines is 1. The molecule has 0 fully saturated rings. The van der Waals surface area contributed by atoms with Gasteiger partial charge in [0.1, 0.15) is 5.69 Å². The van der Waals surface area contributed by atoms with Gasteiger partial charge in [-0.15, -0.1) is 0 Å². The van der Waals surface area contributed by atoms with Gasteiger partial charge in [0.15, 0.2) is 5.16 Å². The molecule has 2 aromatic rings. The minimum absolute atomic E-state index is 0.101. The first kappa shape index (κ1) is 20.0. The van der Waals surface area contributed by atoms with Crippen LogP contribution in [0.2, 0.25) is 0 Å². The molecule has 8 heteroatoms. The second-order valence-corrected chi connectivity index (χ2v) is 7.58.